The monoisotopic (exact) mass is 391 g/mol. The first-order valence-electron chi connectivity index (χ1n) is 9.27. The Morgan fingerprint density at radius 1 is 1.14 bits per heavy atom. The fourth-order valence-electron chi connectivity index (χ4n) is 3.17. The Bertz CT molecular complexity index is 1020. The average molecular weight is 391 g/mol. The Morgan fingerprint density at radius 2 is 2.00 bits per heavy atom. The summed E-state index contributed by atoms with van der Waals surface area (Å²) < 4.78 is 11.2. The minimum Gasteiger partial charge on any atom is -0.495 e. The molecule has 3 aromatic heterocycles. The molecule has 1 fully saturated rings. The fourth-order valence-corrected chi connectivity index (χ4v) is 3.17. The molecule has 0 saturated heterocycles. The van der Waals surface area contributed by atoms with E-state index in [0.717, 1.165) is 29.0 Å². The summed E-state index contributed by atoms with van der Waals surface area (Å²) in [6.45, 7) is 2.35. The highest BCUT2D eigenvalue weighted by Crippen LogP contribution is 2.47. The standard InChI is InChI=1S/C21H21N5O3/c1-12-23-10-17(13-3-5-19(20(22)27)24-8-13)21(26-12)29-11-14-7-16(14)18-6-4-15(28-2)9-25-18/h3-6,8-10,14,16H,7,11H2,1-2H3,(H2,22,27)/t14-,16+/m1/s1. The van der Waals surface area contributed by atoms with Crippen LogP contribution in [-0.4, -0.2) is 39.6 Å². The second-order valence-electron chi connectivity index (χ2n) is 6.97. The Labute approximate surface area is 168 Å². The molecule has 0 unspecified atom stereocenters. The number of hydrogen-bond donors (Lipinski definition) is 1. The molecule has 4 rings (SSSR count). The maximum absolute atomic E-state index is 11.2. The van der Waals surface area contributed by atoms with Crippen molar-refractivity contribution in [2.24, 2.45) is 11.7 Å². The molecule has 0 aliphatic heterocycles. The van der Waals surface area contributed by atoms with Gasteiger partial charge in [0.1, 0.15) is 17.3 Å². The summed E-state index contributed by atoms with van der Waals surface area (Å²) in [5, 5.41) is 0. The van der Waals surface area contributed by atoms with E-state index in [1.807, 2.05) is 19.1 Å². The molecule has 2 atom stereocenters. The van der Waals surface area contributed by atoms with Crippen molar-refractivity contribution < 1.29 is 14.3 Å². The maximum atomic E-state index is 11.2. The van der Waals surface area contributed by atoms with Crippen molar-refractivity contribution >= 4 is 5.91 Å². The third-order valence-corrected chi connectivity index (χ3v) is 4.93. The van der Waals surface area contributed by atoms with E-state index >= 15 is 0 Å². The number of rotatable bonds is 7. The second kappa shape index (κ2) is 7.83. The maximum Gasteiger partial charge on any atom is 0.267 e. The van der Waals surface area contributed by atoms with Gasteiger partial charge in [-0.05, 0) is 31.5 Å². The number of methoxy groups -OCH3 is 1. The van der Waals surface area contributed by atoms with Gasteiger partial charge in [-0.15, -0.1) is 0 Å². The van der Waals surface area contributed by atoms with E-state index in [1.165, 1.54) is 0 Å². The van der Waals surface area contributed by atoms with E-state index < -0.39 is 5.91 Å². The normalized spacial score (nSPS) is 17.6. The first kappa shape index (κ1) is 18.8. The minimum absolute atomic E-state index is 0.206. The lowest BCUT2D eigenvalue weighted by molar-refractivity contribution is 0.0995. The van der Waals surface area contributed by atoms with E-state index in [4.69, 9.17) is 15.2 Å². The third-order valence-electron chi connectivity index (χ3n) is 4.93. The minimum atomic E-state index is -0.569. The van der Waals surface area contributed by atoms with Gasteiger partial charge in [0.25, 0.3) is 5.91 Å². The number of aromatic nitrogens is 4. The van der Waals surface area contributed by atoms with Crippen LogP contribution in [0.2, 0.25) is 0 Å². The molecule has 1 amide bonds. The molecule has 3 aromatic rings. The summed E-state index contributed by atoms with van der Waals surface area (Å²) >= 11 is 0. The van der Waals surface area contributed by atoms with Crippen molar-refractivity contribution in [3.8, 4) is 22.8 Å². The molecule has 2 N–H and O–H groups in total. The van der Waals surface area contributed by atoms with E-state index in [2.05, 4.69) is 19.9 Å². The molecule has 1 aliphatic rings. The van der Waals surface area contributed by atoms with Crippen LogP contribution in [0, 0.1) is 12.8 Å². The number of carbonyl (C=O) groups is 1. The fraction of sp³-hybridized carbons (Fsp3) is 0.286. The van der Waals surface area contributed by atoms with Gasteiger partial charge in [-0.3, -0.25) is 14.8 Å². The quantitative estimate of drug-likeness (QED) is 0.658. The zero-order chi connectivity index (χ0) is 20.4. The van der Waals surface area contributed by atoms with Crippen molar-refractivity contribution in [1.82, 2.24) is 19.9 Å². The van der Waals surface area contributed by atoms with Gasteiger partial charge >= 0.3 is 0 Å². The van der Waals surface area contributed by atoms with Crippen LogP contribution in [0.3, 0.4) is 0 Å². The van der Waals surface area contributed by atoms with Crippen molar-refractivity contribution in [3.63, 3.8) is 0 Å². The molecule has 0 radical (unpaired) electrons. The molecule has 1 saturated carbocycles. The Morgan fingerprint density at radius 3 is 2.66 bits per heavy atom. The number of aryl methyl sites for hydroxylation is 1. The van der Waals surface area contributed by atoms with Gasteiger partial charge in [0, 0.05) is 35.5 Å². The Balaban J connectivity index is 1.46. The van der Waals surface area contributed by atoms with Crippen LogP contribution in [0.4, 0.5) is 0 Å². The number of carbonyl (C=O) groups excluding carboxylic acids is 1. The number of primary amides is 1. The summed E-state index contributed by atoms with van der Waals surface area (Å²) in [4.78, 5) is 28.5. The molecule has 148 valence electrons. The van der Waals surface area contributed by atoms with Gasteiger partial charge in [-0.1, -0.05) is 6.07 Å². The summed E-state index contributed by atoms with van der Waals surface area (Å²) in [7, 11) is 1.63. The second-order valence-corrected chi connectivity index (χ2v) is 6.97. The number of ether oxygens (including phenoxy) is 2. The van der Waals surface area contributed by atoms with Crippen LogP contribution in [-0.2, 0) is 0 Å². The molecule has 1 aliphatic carbocycles. The smallest absolute Gasteiger partial charge is 0.267 e. The molecule has 0 bridgehead atoms. The summed E-state index contributed by atoms with van der Waals surface area (Å²) in [6.07, 6.45) is 6.03. The van der Waals surface area contributed by atoms with Crippen molar-refractivity contribution in [2.45, 2.75) is 19.3 Å². The first-order chi connectivity index (χ1) is 14.0. The average Bonchev–Trinajstić information content (AvgIpc) is 3.52. The lowest BCUT2D eigenvalue weighted by Crippen LogP contribution is -2.12. The molecule has 8 nitrogen and oxygen atoms in total. The zero-order valence-corrected chi connectivity index (χ0v) is 16.2. The van der Waals surface area contributed by atoms with Crippen LogP contribution in [0.5, 0.6) is 11.6 Å². The largest absolute Gasteiger partial charge is 0.495 e. The molecule has 0 aromatic carbocycles. The summed E-state index contributed by atoms with van der Waals surface area (Å²) in [5.74, 6) is 2.06. The Kier molecular flexibility index (Phi) is 5.07. The molecular weight excluding hydrogens is 370 g/mol. The lowest BCUT2D eigenvalue weighted by atomic mass is 10.1. The van der Waals surface area contributed by atoms with Crippen LogP contribution >= 0.6 is 0 Å². The number of hydrogen-bond acceptors (Lipinski definition) is 7. The Hall–Kier alpha value is -3.55. The van der Waals surface area contributed by atoms with Crippen molar-refractivity contribution in [3.05, 3.63) is 60.1 Å². The molecule has 29 heavy (non-hydrogen) atoms. The predicted octanol–water partition coefficient (Wildman–Crippen LogP) is 2.53. The van der Waals surface area contributed by atoms with Gasteiger partial charge in [0.15, 0.2) is 0 Å². The lowest BCUT2D eigenvalue weighted by Gasteiger charge is -2.11. The first-order valence-corrected chi connectivity index (χ1v) is 9.27. The van der Waals surface area contributed by atoms with Crippen molar-refractivity contribution in [1.29, 1.82) is 0 Å². The van der Waals surface area contributed by atoms with Gasteiger partial charge in [0.2, 0.25) is 5.88 Å². The molecule has 0 spiro atoms. The third kappa shape index (κ3) is 4.16. The van der Waals surface area contributed by atoms with Crippen LogP contribution < -0.4 is 15.2 Å². The predicted molar refractivity (Wildman–Crippen MR) is 106 cm³/mol. The van der Waals surface area contributed by atoms with Gasteiger partial charge in [0.05, 0.1) is 25.5 Å². The topological polar surface area (TPSA) is 113 Å². The highest BCUT2D eigenvalue weighted by Gasteiger charge is 2.40. The highest BCUT2D eigenvalue weighted by molar-refractivity contribution is 5.91. The van der Waals surface area contributed by atoms with Crippen molar-refractivity contribution in [2.75, 3.05) is 13.7 Å². The summed E-state index contributed by atoms with van der Waals surface area (Å²) in [6, 6.07) is 7.26. The van der Waals surface area contributed by atoms with Crippen LogP contribution in [0.1, 0.15) is 34.3 Å². The zero-order valence-electron chi connectivity index (χ0n) is 16.2. The highest BCUT2D eigenvalue weighted by atomic mass is 16.5. The van der Waals surface area contributed by atoms with Gasteiger partial charge in [-0.2, -0.15) is 4.98 Å². The van der Waals surface area contributed by atoms with E-state index in [9.17, 15) is 4.79 Å². The molecule has 8 heteroatoms. The number of nitrogens with zero attached hydrogens (tertiary/aromatic N) is 4. The van der Waals surface area contributed by atoms with Gasteiger partial charge < -0.3 is 15.2 Å². The van der Waals surface area contributed by atoms with Crippen LogP contribution in [0.15, 0.2) is 42.9 Å². The van der Waals surface area contributed by atoms with Gasteiger partial charge in [-0.25, -0.2) is 4.98 Å². The number of amides is 1. The summed E-state index contributed by atoms with van der Waals surface area (Å²) in [5.41, 5.74) is 7.99. The number of nitrogens with two attached hydrogens (primary N) is 1. The molecular formula is C21H21N5O3. The van der Waals surface area contributed by atoms with Crippen LogP contribution in [0.25, 0.3) is 11.1 Å². The SMILES string of the molecule is COc1ccc([C@H]2C[C@@H]2COc2nc(C)ncc2-c2ccc(C(N)=O)nc2)nc1. The van der Waals surface area contributed by atoms with E-state index in [0.29, 0.717) is 30.1 Å². The number of pyridine rings is 2. The van der Waals surface area contributed by atoms with E-state index in [1.54, 1.807) is 37.8 Å². The molecule has 3 heterocycles. The van der Waals surface area contributed by atoms with E-state index in [-0.39, 0.29) is 5.69 Å².